The van der Waals surface area contributed by atoms with Crippen molar-refractivity contribution < 1.29 is 23.9 Å². The Labute approximate surface area is 309 Å². The molecule has 3 N–H and O–H groups in total. The van der Waals surface area contributed by atoms with Gasteiger partial charge in [0.25, 0.3) is 0 Å². The molecule has 278 valence electrons. The van der Waals surface area contributed by atoms with Gasteiger partial charge < -0.3 is 34.6 Å². The van der Waals surface area contributed by atoms with Crippen molar-refractivity contribution in [1.29, 1.82) is 0 Å². The van der Waals surface area contributed by atoms with E-state index in [1.807, 2.05) is 42.8 Å². The number of aromatic amines is 2. The summed E-state index contributed by atoms with van der Waals surface area (Å²) in [4.78, 5) is 58.9. The summed E-state index contributed by atoms with van der Waals surface area (Å²) in [6.07, 6.45) is 5.02. The summed E-state index contributed by atoms with van der Waals surface area (Å²) in [5.41, 5.74) is 6.84. The standard InChI is InChI=1S/C41H49N7O5/c1-8-10-36(49)47(22(3)9-2)25(6)38-42-20-33(45-38)27-12-14-29-28(17-27)21-53-35-19-30-26(18-31(29)35)13-15-32-37(30)46-39(44-32)34-16-11-23(4)48(34)40(50)24(5)43-41(51)52-7/h12-15,17-20,22-25,34H,8-11,16,21H2,1-7H3,(H,42,45)(H,43,51)(H,44,46)/t22-,23-,24-,25-,34-/m0/s1. The van der Waals surface area contributed by atoms with Gasteiger partial charge in [0.15, 0.2) is 0 Å². The van der Waals surface area contributed by atoms with E-state index in [1.165, 1.54) is 7.11 Å². The van der Waals surface area contributed by atoms with Crippen LogP contribution in [0.15, 0.2) is 48.7 Å². The molecular formula is C41H49N7O5. The molecular weight excluding hydrogens is 670 g/mol. The fraction of sp³-hybridized carbons (Fsp3) is 0.439. The fourth-order valence-electron chi connectivity index (χ4n) is 7.99. The van der Waals surface area contributed by atoms with Crippen LogP contribution in [-0.4, -0.2) is 72.9 Å². The summed E-state index contributed by atoms with van der Waals surface area (Å²) in [6.45, 7) is 12.4. The number of ether oxygens (including phenoxy) is 2. The van der Waals surface area contributed by atoms with Gasteiger partial charge in [-0.25, -0.2) is 14.8 Å². The smallest absolute Gasteiger partial charge is 0.407 e. The molecule has 12 heteroatoms. The van der Waals surface area contributed by atoms with Crippen molar-refractivity contribution in [2.24, 2.45) is 0 Å². The highest BCUT2D eigenvalue weighted by Gasteiger charge is 2.39. The van der Waals surface area contributed by atoms with E-state index in [2.05, 4.69) is 65.5 Å². The Kier molecular flexibility index (Phi) is 9.89. The Morgan fingerprint density at radius 3 is 2.62 bits per heavy atom. The molecule has 0 radical (unpaired) electrons. The molecule has 0 unspecified atom stereocenters. The number of likely N-dealkylation sites (tertiary alicyclic amines) is 1. The highest BCUT2D eigenvalue weighted by molar-refractivity contribution is 6.07. The molecule has 3 amide bonds. The van der Waals surface area contributed by atoms with Gasteiger partial charge >= 0.3 is 6.09 Å². The van der Waals surface area contributed by atoms with Crippen LogP contribution in [0.5, 0.6) is 5.75 Å². The zero-order chi connectivity index (χ0) is 37.6. The third-order valence-electron chi connectivity index (χ3n) is 11.0. The van der Waals surface area contributed by atoms with Crippen molar-refractivity contribution in [3.63, 3.8) is 0 Å². The summed E-state index contributed by atoms with van der Waals surface area (Å²) in [6, 6.07) is 13.7. The van der Waals surface area contributed by atoms with Crippen LogP contribution in [0.2, 0.25) is 0 Å². The second kappa shape index (κ2) is 14.6. The second-order valence-corrected chi connectivity index (χ2v) is 14.5. The van der Waals surface area contributed by atoms with Gasteiger partial charge in [0.1, 0.15) is 30.0 Å². The van der Waals surface area contributed by atoms with Crippen molar-refractivity contribution in [3.05, 3.63) is 65.9 Å². The number of alkyl carbamates (subject to hydrolysis) is 1. The number of aromatic nitrogens is 4. The second-order valence-electron chi connectivity index (χ2n) is 14.5. The van der Waals surface area contributed by atoms with Gasteiger partial charge in [-0.3, -0.25) is 9.59 Å². The summed E-state index contributed by atoms with van der Waals surface area (Å²) in [7, 11) is 1.28. The molecule has 53 heavy (non-hydrogen) atoms. The molecule has 2 aliphatic rings. The number of hydrogen-bond donors (Lipinski definition) is 3. The maximum atomic E-state index is 13.5. The number of rotatable bonds is 10. The lowest BCUT2D eigenvalue weighted by molar-refractivity contribution is -0.136. The number of H-pyrrole nitrogens is 2. The van der Waals surface area contributed by atoms with E-state index in [9.17, 15) is 14.4 Å². The van der Waals surface area contributed by atoms with Crippen LogP contribution < -0.4 is 10.1 Å². The van der Waals surface area contributed by atoms with Crippen LogP contribution in [0.3, 0.4) is 0 Å². The highest BCUT2D eigenvalue weighted by Crippen LogP contribution is 2.43. The Bertz CT molecular complexity index is 2190. The molecule has 5 aromatic rings. The Morgan fingerprint density at radius 1 is 1.06 bits per heavy atom. The molecule has 3 aromatic carbocycles. The SMILES string of the molecule is CCCC(=O)N([C@@H](C)CC)[C@@H](C)c1ncc(-c2ccc3c(c2)COc2cc4c(ccc5nc([C@@H]6CC[C@H](C)N6C(=O)[C@H](C)NC(=O)OC)[nH]c54)cc2-3)[nH]1. The Balaban J connectivity index is 1.16. The largest absolute Gasteiger partial charge is 0.488 e. The van der Waals surface area contributed by atoms with Crippen molar-refractivity contribution >= 4 is 39.7 Å². The minimum atomic E-state index is -0.730. The first-order valence-electron chi connectivity index (χ1n) is 18.8. The average molecular weight is 720 g/mol. The molecule has 12 nitrogen and oxygen atoms in total. The van der Waals surface area contributed by atoms with Crippen LogP contribution in [0.1, 0.15) is 103 Å². The van der Waals surface area contributed by atoms with Crippen molar-refractivity contribution in [2.45, 2.75) is 110 Å². The van der Waals surface area contributed by atoms with Crippen LogP contribution in [0.25, 0.3) is 44.2 Å². The quantitative estimate of drug-likeness (QED) is 0.133. The molecule has 0 aliphatic carbocycles. The summed E-state index contributed by atoms with van der Waals surface area (Å²) in [5, 5.41) is 4.65. The number of carbonyl (C=O) groups excluding carboxylic acids is 3. The maximum Gasteiger partial charge on any atom is 0.407 e. The Hall–Kier alpha value is -5.39. The molecule has 1 fully saturated rings. The van der Waals surface area contributed by atoms with E-state index in [1.54, 1.807) is 6.92 Å². The molecule has 0 bridgehead atoms. The molecule has 5 atom stereocenters. The summed E-state index contributed by atoms with van der Waals surface area (Å²) < 4.78 is 11.1. The zero-order valence-corrected chi connectivity index (χ0v) is 31.6. The molecule has 2 aliphatic heterocycles. The number of amides is 3. The lowest BCUT2D eigenvalue weighted by Crippen LogP contribution is -2.48. The van der Waals surface area contributed by atoms with Gasteiger partial charge in [0.05, 0.1) is 42.1 Å². The van der Waals surface area contributed by atoms with E-state index in [0.29, 0.717) is 13.0 Å². The third kappa shape index (κ3) is 6.59. The van der Waals surface area contributed by atoms with Gasteiger partial charge in [-0.15, -0.1) is 0 Å². The lowest BCUT2D eigenvalue weighted by atomic mass is 9.92. The number of nitrogens with one attached hydrogen (secondary N) is 3. The number of methoxy groups -OCH3 is 1. The molecule has 2 aromatic heterocycles. The maximum absolute atomic E-state index is 13.5. The van der Waals surface area contributed by atoms with Gasteiger partial charge in [-0.05, 0) is 99.7 Å². The first kappa shape index (κ1) is 36.0. The predicted octanol–water partition coefficient (Wildman–Crippen LogP) is 7.95. The van der Waals surface area contributed by atoms with Crippen LogP contribution in [0, 0.1) is 0 Å². The number of fused-ring (bicyclic) bond motifs is 6. The van der Waals surface area contributed by atoms with E-state index < -0.39 is 12.1 Å². The average Bonchev–Trinajstić information content (AvgIpc) is 3.92. The minimum absolute atomic E-state index is 0.000401. The number of nitrogens with zero attached hydrogens (tertiary/aromatic N) is 4. The monoisotopic (exact) mass is 719 g/mol. The normalized spacial score (nSPS) is 18.2. The molecule has 0 spiro atoms. The molecule has 7 rings (SSSR count). The first-order chi connectivity index (χ1) is 25.5. The van der Waals surface area contributed by atoms with E-state index in [0.717, 1.165) is 92.8 Å². The van der Waals surface area contributed by atoms with Gasteiger partial charge in [0, 0.05) is 29.5 Å². The fourth-order valence-corrected chi connectivity index (χ4v) is 7.99. The van der Waals surface area contributed by atoms with Crippen LogP contribution in [0.4, 0.5) is 4.79 Å². The minimum Gasteiger partial charge on any atom is -0.488 e. The van der Waals surface area contributed by atoms with Crippen molar-refractivity contribution in [2.75, 3.05) is 7.11 Å². The molecule has 0 saturated carbocycles. The topological polar surface area (TPSA) is 146 Å². The van der Waals surface area contributed by atoms with Crippen LogP contribution >= 0.6 is 0 Å². The number of hydrogen-bond acceptors (Lipinski definition) is 7. The summed E-state index contributed by atoms with van der Waals surface area (Å²) >= 11 is 0. The third-order valence-corrected chi connectivity index (χ3v) is 11.0. The zero-order valence-electron chi connectivity index (χ0n) is 31.6. The van der Waals surface area contributed by atoms with Crippen molar-refractivity contribution in [3.8, 4) is 28.1 Å². The predicted molar refractivity (Wildman–Crippen MR) is 204 cm³/mol. The van der Waals surface area contributed by atoms with E-state index in [-0.39, 0.29) is 36.0 Å². The van der Waals surface area contributed by atoms with Gasteiger partial charge in [-0.1, -0.05) is 32.0 Å². The number of benzene rings is 3. The lowest BCUT2D eigenvalue weighted by Gasteiger charge is -2.33. The molecule has 1 saturated heterocycles. The highest BCUT2D eigenvalue weighted by atomic mass is 16.5. The number of carbonyl (C=O) groups is 3. The molecule has 4 heterocycles. The number of imidazole rings is 2. The first-order valence-corrected chi connectivity index (χ1v) is 18.8. The van der Waals surface area contributed by atoms with Crippen molar-refractivity contribution in [1.82, 2.24) is 35.1 Å². The van der Waals surface area contributed by atoms with Gasteiger partial charge in [-0.2, -0.15) is 0 Å². The van der Waals surface area contributed by atoms with Crippen LogP contribution in [-0.2, 0) is 20.9 Å². The van der Waals surface area contributed by atoms with E-state index in [4.69, 9.17) is 19.4 Å². The van der Waals surface area contributed by atoms with E-state index >= 15 is 0 Å². The Morgan fingerprint density at radius 2 is 1.87 bits per heavy atom. The summed E-state index contributed by atoms with van der Waals surface area (Å²) in [5.74, 6) is 2.28. The van der Waals surface area contributed by atoms with Gasteiger partial charge in [0.2, 0.25) is 11.8 Å².